The number of aliphatic hydroxyl groups excluding tert-OH is 1. The minimum atomic E-state index is -1.40. The summed E-state index contributed by atoms with van der Waals surface area (Å²) in [5, 5.41) is 15.9. The van der Waals surface area contributed by atoms with Crippen molar-refractivity contribution in [3.63, 3.8) is 0 Å². The highest BCUT2D eigenvalue weighted by Crippen LogP contribution is 2.58. The molecular formula is C32H25Cl2FN2O5. The SMILES string of the molecule is O=C1CC(c2cccc(Cl)c2)C2(C(=O)Nc3cc(Cl)ccc32)C(c2cc(F)ccc2Oc2ccc(OCCO)cc2)N1. The molecule has 6 rings (SSSR count). The van der Waals surface area contributed by atoms with Crippen LogP contribution in [-0.4, -0.2) is 30.1 Å². The molecule has 2 heterocycles. The summed E-state index contributed by atoms with van der Waals surface area (Å²) in [6.07, 6.45) is -0.00681. The molecule has 42 heavy (non-hydrogen) atoms. The summed E-state index contributed by atoms with van der Waals surface area (Å²) in [7, 11) is 0. The summed E-state index contributed by atoms with van der Waals surface area (Å²) in [6.45, 7) is 0.0272. The number of hydrogen-bond acceptors (Lipinski definition) is 5. The van der Waals surface area contributed by atoms with E-state index in [1.165, 1.54) is 18.2 Å². The van der Waals surface area contributed by atoms with Gasteiger partial charge in [0, 0.05) is 33.6 Å². The van der Waals surface area contributed by atoms with Gasteiger partial charge in [-0.2, -0.15) is 0 Å². The van der Waals surface area contributed by atoms with Gasteiger partial charge >= 0.3 is 0 Å². The molecule has 2 aliphatic rings. The molecule has 214 valence electrons. The number of rotatable bonds is 7. The predicted molar refractivity (Wildman–Crippen MR) is 157 cm³/mol. The molecular weight excluding hydrogens is 582 g/mol. The quantitative estimate of drug-likeness (QED) is 0.222. The zero-order valence-electron chi connectivity index (χ0n) is 22.1. The minimum Gasteiger partial charge on any atom is -0.491 e. The van der Waals surface area contributed by atoms with Gasteiger partial charge in [0.2, 0.25) is 11.8 Å². The Kier molecular flexibility index (Phi) is 7.53. The van der Waals surface area contributed by atoms with Crippen molar-refractivity contribution in [3.05, 3.63) is 117 Å². The third kappa shape index (κ3) is 4.96. The van der Waals surface area contributed by atoms with E-state index >= 15 is 0 Å². The molecule has 1 fully saturated rings. The van der Waals surface area contributed by atoms with E-state index in [0.717, 1.165) is 0 Å². The minimum absolute atomic E-state index is 0.00681. The Labute approximate surface area is 251 Å². The first-order valence-corrected chi connectivity index (χ1v) is 14.0. The van der Waals surface area contributed by atoms with Crippen LogP contribution in [0.2, 0.25) is 10.0 Å². The molecule has 2 amide bonds. The molecule has 0 aromatic heterocycles. The average molecular weight is 607 g/mol. The Balaban J connectivity index is 1.52. The van der Waals surface area contributed by atoms with E-state index in [0.29, 0.717) is 38.4 Å². The molecule has 7 nitrogen and oxygen atoms in total. The number of carbonyl (C=O) groups excluding carboxylic acids is 2. The molecule has 3 N–H and O–H groups in total. The van der Waals surface area contributed by atoms with Gasteiger partial charge in [0.05, 0.1) is 12.6 Å². The molecule has 2 aliphatic heterocycles. The highest BCUT2D eigenvalue weighted by molar-refractivity contribution is 6.31. The van der Waals surface area contributed by atoms with Gasteiger partial charge in [-0.25, -0.2) is 4.39 Å². The number of carbonyl (C=O) groups is 2. The number of anilines is 1. The van der Waals surface area contributed by atoms with Gasteiger partial charge in [-0.15, -0.1) is 0 Å². The van der Waals surface area contributed by atoms with Crippen LogP contribution in [-0.2, 0) is 15.0 Å². The van der Waals surface area contributed by atoms with Crippen molar-refractivity contribution in [1.29, 1.82) is 0 Å². The third-order valence-electron chi connectivity index (χ3n) is 7.70. The number of aliphatic hydroxyl groups is 1. The molecule has 4 aromatic carbocycles. The Morgan fingerprint density at radius 2 is 1.69 bits per heavy atom. The topological polar surface area (TPSA) is 96.9 Å². The van der Waals surface area contributed by atoms with Crippen molar-refractivity contribution in [2.45, 2.75) is 23.8 Å². The molecule has 10 heteroatoms. The molecule has 0 radical (unpaired) electrons. The van der Waals surface area contributed by atoms with Gasteiger partial charge in [0.25, 0.3) is 0 Å². The first-order chi connectivity index (χ1) is 20.3. The predicted octanol–water partition coefficient (Wildman–Crippen LogP) is 6.53. The molecule has 3 unspecified atom stereocenters. The smallest absolute Gasteiger partial charge is 0.238 e. The van der Waals surface area contributed by atoms with E-state index in [1.807, 2.05) is 6.07 Å². The number of fused-ring (bicyclic) bond motifs is 2. The van der Waals surface area contributed by atoms with E-state index in [-0.39, 0.29) is 42.8 Å². The molecule has 0 bridgehead atoms. The maximum atomic E-state index is 15.0. The molecule has 3 atom stereocenters. The number of nitrogens with one attached hydrogen (secondary N) is 2. The van der Waals surface area contributed by atoms with Gasteiger partial charge in [-0.3, -0.25) is 9.59 Å². The van der Waals surface area contributed by atoms with Crippen LogP contribution in [0.5, 0.6) is 17.2 Å². The van der Waals surface area contributed by atoms with E-state index in [4.69, 9.17) is 37.8 Å². The summed E-state index contributed by atoms with van der Waals surface area (Å²) in [4.78, 5) is 27.6. The van der Waals surface area contributed by atoms with Crippen molar-refractivity contribution in [2.75, 3.05) is 18.5 Å². The number of halogens is 3. The largest absolute Gasteiger partial charge is 0.491 e. The molecule has 0 saturated carbocycles. The Hall–Kier alpha value is -4.11. The molecule has 0 aliphatic carbocycles. The lowest BCUT2D eigenvalue weighted by Gasteiger charge is -2.46. The average Bonchev–Trinajstić information content (AvgIpc) is 3.25. The maximum Gasteiger partial charge on any atom is 0.238 e. The lowest BCUT2D eigenvalue weighted by molar-refractivity contribution is -0.131. The van der Waals surface area contributed by atoms with E-state index < -0.39 is 23.2 Å². The van der Waals surface area contributed by atoms with Gasteiger partial charge in [-0.1, -0.05) is 41.4 Å². The standard InChI is InChI=1S/C32H25Cl2FN2O5/c33-19-3-1-2-18(14-19)26-17-29(39)37-30(32(26)25-10-4-20(34)15-27(25)36-31(32)40)24-16-21(35)5-11-28(24)42-23-8-6-22(7-9-23)41-13-12-38/h1-11,14-16,26,30,38H,12-13,17H2,(H,36,40)(H,37,39). The van der Waals surface area contributed by atoms with E-state index in [9.17, 15) is 14.0 Å². The first-order valence-electron chi connectivity index (χ1n) is 13.3. The summed E-state index contributed by atoms with van der Waals surface area (Å²) >= 11 is 12.7. The van der Waals surface area contributed by atoms with Gasteiger partial charge in [0.15, 0.2) is 0 Å². The van der Waals surface area contributed by atoms with Crippen LogP contribution in [0.1, 0.15) is 35.1 Å². The van der Waals surface area contributed by atoms with E-state index in [2.05, 4.69) is 10.6 Å². The van der Waals surface area contributed by atoms with Crippen molar-refractivity contribution < 1.29 is 28.6 Å². The van der Waals surface area contributed by atoms with Crippen molar-refractivity contribution in [2.24, 2.45) is 0 Å². The van der Waals surface area contributed by atoms with Crippen LogP contribution in [0.4, 0.5) is 10.1 Å². The fourth-order valence-electron chi connectivity index (χ4n) is 6.00. The van der Waals surface area contributed by atoms with Crippen LogP contribution in [0.15, 0.2) is 84.9 Å². The molecule has 1 saturated heterocycles. The monoisotopic (exact) mass is 606 g/mol. The van der Waals surface area contributed by atoms with Crippen LogP contribution in [0.25, 0.3) is 0 Å². The van der Waals surface area contributed by atoms with Gasteiger partial charge in [0.1, 0.15) is 35.1 Å². The zero-order valence-corrected chi connectivity index (χ0v) is 23.6. The fraction of sp³-hybridized carbons (Fsp3) is 0.188. The van der Waals surface area contributed by atoms with Crippen molar-refractivity contribution in [3.8, 4) is 17.2 Å². The summed E-state index contributed by atoms with van der Waals surface area (Å²) < 4.78 is 26.6. The van der Waals surface area contributed by atoms with E-state index in [1.54, 1.807) is 60.7 Å². The fourth-order valence-corrected chi connectivity index (χ4v) is 6.37. The maximum absolute atomic E-state index is 15.0. The zero-order chi connectivity index (χ0) is 29.4. The number of amides is 2. The second-order valence-electron chi connectivity index (χ2n) is 10.2. The lowest BCUT2D eigenvalue weighted by atomic mass is 9.59. The first kappa shape index (κ1) is 28.0. The Bertz CT molecular complexity index is 1680. The second-order valence-corrected chi connectivity index (χ2v) is 11.0. The number of piperidine rings is 1. The number of ether oxygens (including phenoxy) is 2. The Morgan fingerprint density at radius 3 is 2.45 bits per heavy atom. The number of benzene rings is 4. The van der Waals surface area contributed by atoms with Crippen molar-refractivity contribution in [1.82, 2.24) is 5.32 Å². The highest BCUT2D eigenvalue weighted by atomic mass is 35.5. The van der Waals surface area contributed by atoms with Crippen LogP contribution in [0, 0.1) is 5.82 Å². The second kappa shape index (κ2) is 11.3. The molecule has 4 aromatic rings. The Morgan fingerprint density at radius 1 is 0.929 bits per heavy atom. The molecule has 1 spiro atoms. The van der Waals surface area contributed by atoms with Crippen LogP contribution >= 0.6 is 23.2 Å². The summed E-state index contributed by atoms with van der Waals surface area (Å²) in [5.41, 5.74) is 0.712. The van der Waals surface area contributed by atoms with Crippen LogP contribution in [0.3, 0.4) is 0 Å². The normalized spacial score (nSPS) is 21.0. The van der Waals surface area contributed by atoms with Gasteiger partial charge < -0.3 is 25.2 Å². The van der Waals surface area contributed by atoms with Crippen molar-refractivity contribution >= 4 is 40.7 Å². The van der Waals surface area contributed by atoms with Gasteiger partial charge in [-0.05, 0) is 77.9 Å². The summed E-state index contributed by atoms with van der Waals surface area (Å²) in [6, 6.07) is 21.9. The lowest BCUT2D eigenvalue weighted by Crippen LogP contribution is -2.56. The van der Waals surface area contributed by atoms with Crippen LogP contribution < -0.4 is 20.1 Å². The number of hydrogen-bond donors (Lipinski definition) is 3. The summed E-state index contributed by atoms with van der Waals surface area (Å²) in [5.74, 6) is -0.680. The third-order valence-corrected chi connectivity index (χ3v) is 8.17. The highest BCUT2D eigenvalue weighted by Gasteiger charge is 2.61.